The van der Waals surface area contributed by atoms with Crippen molar-refractivity contribution in [1.29, 1.82) is 0 Å². The fourth-order valence-electron chi connectivity index (χ4n) is 3.00. The maximum absolute atomic E-state index is 12.2. The second-order valence-electron chi connectivity index (χ2n) is 6.58. The normalized spacial score (nSPS) is 24.4. The van der Waals surface area contributed by atoms with Crippen molar-refractivity contribution in [1.82, 2.24) is 5.32 Å². The molecule has 2 aliphatic rings. The summed E-state index contributed by atoms with van der Waals surface area (Å²) in [5, 5.41) is 8.35. The van der Waals surface area contributed by atoms with E-state index >= 15 is 0 Å². The average Bonchev–Trinajstić information content (AvgIpc) is 3.22. The molecule has 3 unspecified atom stereocenters. The van der Waals surface area contributed by atoms with Crippen LogP contribution in [0.5, 0.6) is 0 Å². The molecule has 3 atom stereocenters. The van der Waals surface area contributed by atoms with Crippen LogP contribution in [0.15, 0.2) is 24.3 Å². The minimum Gasteiger partial charge on any atom is -0.376 e. The van der Waals surface area contributed by atoms with Crippen molar-refractivity contribution in [2.24, 2.45) is 11.8 Å². The molecule has 1 aliphatic heterocycles. The van der Waals surface area contributed by atoms with Gasteiger partial charge in [-0.3, -0.25) is 14.4 Å². The predicted molar refractivity (Wildman–Crippen MR) is 93.0 cm³/mol. The molecule has 0 spiro atoms. The molecule has 1 saturated heterocycles. The second-order valence-corrected chi connectivity index (χ2v) is 6.58. The molecule has 1 heterocycles. The molecule has 0 radical (unpaired) electrons. The van der Waals surface area contributed by atoms with Gasteiger partial charge in [0.15, 0.2) is 0 Å². The number of benzene rings is 1. The van der Waals surface area contributed by atoms with E-state index in [1.807, 2.05) is 0 Å². The Labute approximate surface area is 146 Å². The van der Waals surface area contributed by atoms with Gasteiger partial charge in [0.05, 0.1) is 17.9 Å². The highest BCUT2D eigenvalue weighted by atomic mass is 16.5. The van der Waals surface area contributed by atoms with Crippen molar-refractivity contribution < 1.29 is 19.1 Å². The Morgan fingerprint density at radius 1 is 1.04 bits per heavy atom. The lowest BCUT2D eigenvalue weighted by atomic mass is 10.2. The first kappa shape index (κ1) is 17.4. The molecule has 1 aliphatic carbocycles. The summed E-state index contributed by atoms with van der Waals surface area (Å²) in [4.78, 5) is 35.3. The predicted octanol–water partition coefficient (Wildman–Crippen LogP) is 1.51. The fourth-order valence-corrected chi connectivity index (χ4v) is 3.00. The Morgan fingerprint density at radius 3 is 2.28 bits per heavy atom. The lowest BCUT2D eigenvalue weighted by Gasteiger charge is -2.10. The van der Waals surface area contributed by atoms with Crippen molar-refractivity contribution in [2.45, 2.75) is 32.3 Å². The highest BCUT2D eigenvalue weighted by Crippen LogP contribution is 2.39. The van der Waals surface area contributed by atoms with E-state index in [0.717, 1.165) is 19.4 Å². The Balaban J connectivity index is 1.43. The van der Waals surface area contributed by atoms with Crippen molar-refractivity contribution in [3.63, 3.8) is 0 Å². The number of nitrogens with one attached hydrogen (secondary N) is 3. The van der Waals surface area contributed by atoms with Crippen LogP contribution in [0.4, 0.5) is 11.4 Å². The summed E-state index contributed by atoms with van der Waals surface area (Å²) in [6.07, 6.45) is 2.70. The SMILES string of the molecule is CC(=O)Nc1ccc(NC(=O)C2CC2C(=O)NCC2CCCO2)cc1. The summed E-state index contributed by atoms with van der Waals surface area (Å²) in [6.45, 7) is 2.72. The summed E-state index contributed by atoms with van der Waals surface area (Å²) < 4.78 is 5.47. The van der Waals surface area contributed by atoms with E-state index < -0.39 is 0 Å². The van der Waals surface area contributed by atoms with E-state index in [0.29, 0.717) is 24.3 Å². The summed E-state index contributed by atoms with van der Waals surface area (Å²) in [5.41, 5.74) is 1.31. The van der Waals surface area contributed by atoms with Crippen LogP contribution >= 0.6 is 0 Å². The van der Waals surface area contributed by atoms with Gasteiger partial charge in [-0.1, -0.05) is 0 Å². The van der Waals surface area contributed by atoms with Crippen molar-refractivity contribution in [3.05, 3.63) is 24.3 Å². The molecule has 3 rings (SSSR count). The molecule has 25 heavy (non-hydrogen) atoms. The Kier molecular flexibility index (Phi) is 5.33. The first-order chi connectivity index (χ1) is 12.0. The standard InChI is InChI=1S/C18H23N3O4/c1-11(22)20-12-4-6-13(7-5-12)21-18(24)16-9-15(16)17(23)19-10-14-3-2-8-25-14/h4-7,14-16H,2-3,8-10H2,1H3,(H,19,23)(H,20,22)(H,21,24). The highest BCUT2D eigenvalue weighted by Gasteiger charge is 2.48. The molecule has 3 N–H and O–H groups in total. The van der Waals surface area contributed by atoms with Crippen molar-refractivity contribution in [3.8, 4) is 0 Å². The van der Waals surface area contributed by atoms with Crippen LogP contribution in [-0.4, -0.2) is 37.0 Å². The van der Waals surface area contributed by atoms with Crippen LogP contribution in [0.3, 0.4) is 0 Å². The molecule has 3 amide bonds. The number of anilines is 2. The Hall–Kier alpha value is -2.41. The van der Waals surface area contributed by atoms with Gasteiger partial charge in [0.2, 0.25) is 17.7 Å². The molecule has 7 nitrogen and oxygen atoms in total. The lowest BCUT2D eigenvalue weighted by molar-refractivity contribution is -0.125. The molecule has 1 aromatic carbocycles. The molecule has 134 valence electrons. The van der Waals surface area contributed by atoms with E-state index in [4.69, 9.17) is 4.74 Å². The maximum atomic E-state index is 12.2. The van der Waals surface area contributed by atoms with Gasteiger partial charge in [-0.2, -0.15) is 0 Å². The third-order valence-electron chi connectivity index (χ3n) is 4.46. The quantitative estimate of drug-likeness (QED) is 0.728. The van der Waals surface area contributed by atoms with E-state index in [1.54, 1.807) is 24.3 Å². The Morgan fingerprint density at radius 2 is 1.68 bits per heavy atom. The number of ether oxygens (including phenoxy) is 1. The van der Waals surface area contributed by atoms with Gasteiger partial charge in [0, 0.05) is 31.5 Å². The van der Waals surface area contributed by atoms with Gasteiger partial charge in [-0.25, -0.2) is 0 Å². The number of amides is 3. The number of hydrogen-bond donors (Lipinski definition) is 3. The van der Waals surface area contributed by atoms with Gasteiger partial charge < -0.3 is 20.7 Å². The van der Waals surface area contributed by atoms with Crippen LogP contribution in [0.25, 0.3) is 0 Å². The molecule has 1 saturated carbocycles. The highest BCUT2D eigenvalue weighted by molar-refractivity contribution is 5.99. The second kappa shape index (κ2) is 7.65. The van der Waals surface area contributed by atoms with Gasteiger partial charge in [0.25, 0.3) is 0 Å². The molecule has 0 bridgehead atoms. The summed E-state index contributed by atoms with van der Waals surface area (Å²) >= 11 is 0. The van der Waals surface area contributed by atoms with Gasteiger partial charge in [-0.15, -0.1) is 0 Å². The molecular weight excluding hydrogens is 322 g/mol. The zero-order valence-corrected chi connectivity index (χ0v) is 14.2. The van der Waals surface area contributed by atoms with Crippen LogP contribution in [0.1, 0.15) is 26.2 Å². The van der Waals surface area contributed by atoms with E-state index in [-0.39, 0.29) is 35.7 Å². The summed E-state index contributed by atoms with van der Waals surface area (Å²) in [6, 6.07) is 6.88. The monoisotopic (exact) mass is 345 g/mol. The van der Waals surface area contributed by atoms with E-state index in [2.05, 4.69) is 16.0 Å². The first-order valence-electron chi connectivity index (χ1n) is 8.61. The first-order valence-corrected chi connectivity index (χ1v) is 8.61. The zero-order valence-electron chi connectivity index (χ0n) is 14.2. The van der Waals surface area contributed by atoms with Crippen molar-refractivity contribution in [2.75, 3.05) is 23.8 Å². The van der Waals surface area contributed by atoms with Crippen LogP contribution in [0.2, 0.25) is 0 Å². The molecule has 1 aromatic rings. The molecule has 2 fully saturated rings. The largest absolute Gasteiger partial charge is 0.376 e. The number of carbonyl (C=O) groups excluding carboxylic acids is 3. The third-order valence-corrected chi connectivity index (χ3v) is 4.46. The Bertz CT molecular complexity index is 653. The van der Waals surface area contributed by atoms with Crippen LogP contribution in [-0.2, 0) is 19.1 Å². The lowest BCUT2D eigenvalue weighted by Crippen LogP contribution is -2.33. The average molecular weight is 345 g/mol. The fraction of sp³-hybridized carbons (Fsp3) is 0.500. The molecular formula is C18H23N3O4. The molecule has 0 aromatic heterocycles. The number of hydrogen-bond acceptors (Lipinski definition) is 4. The maximum Gasteiger partial charge on any atom is 0.228 e. The van der Waals surface area contributed by atoms with E-state index in [1.165, 1.54) is 6.92 Å². The minimum absolute atomic E-state index is 0.0725. The molecule has 7 heteroatoms. The third kappa shape index (κ3) is 4.79. The van der Waals surface area contributed by atoms with Crippen LogP contribution in [0, 0.1) is 11.8 Å². The van der Waals surface area contributed by atoms with Gasteiger partial charge >= 0.3 is 0 Å². The van der Waals surface area contributed by atoms with Crippen LogP contribution < -0.4 is 16.0 Å². The van der Waals surface area contributed by atoms with Gasteiger partial charge in [-0.05, 0) is 43.5 Å². The van der Waals surface area contributed by atoms with Crippen molar-refractivity contribution >= 4 is 29.1 Å². The topological polar surface area (TPSA) is 96.5 Å². The number of rotatable bonds is 6. The summed E-state index contributed by atoms with van der Waals surface area (Å²) in [5.74, 6) is -0.896. The number of carbonyl (C=O) groups is 3. The van der Waals surface area contributed by atoms with Gasteiger partial charge in [0.1, 0.15) is 0 Å². The van der Waals surface area contributed by atoms with E-state index in [9.17, 15) is 14.4 Å². The smallest absolute Gasteiger partial charge is 0.228 e. The minimum atomic E-state index is -0.278. The summed E-state index contributed by atoms with van der Waals surface area (Å²) in [7, 11) is 0. The zero-order chi connectivity index (χ0) is 17.8.